The zero-order valence-corrected chi connectivity index (χ0v) is 20.3. The summed E-state index contributed by atoms with van der Waals surface area (Å²) in [6, 6.07) is 7.20. The minimum atomic E-state index is -3.78. The summed E-state index contributed by atoms with van der Waals surface area (Å²) in [7, 11) is -2.04. The lowest BCUT2D eigenvalue weighted by molar-refractivity contribution is 0.0933. The zero-order chi connectivity index (χ0) is 25.2. The molecular weight excluding hydrogens is 478 g/mol. The van der Waals surface area contributed by atoms with Crippen LogP contribution in [0.25, 0.3) is 11.6 Å². The number of aryl methyl sites for hydroxylation is 2. The molecule has 4 rings (SSSR count). The van der Waals surface area contributed by atoms with Crippen molar-refractivity contribution in [3.05, 3.63) is 41.6 Å². The molecule has 0 aliphatic carbocycles. The predicted molar refractivity (Wildman–Crippen MR) is 123 cm³/mol. The average Bonchev–Trinajstić information content (AvgIpc) is 3.44. The lowest BCUT2D eigenvalue weighted by Gasteiger charge is -2.33. The number of amides is 2. The van der Waals surface area contributed by atoms with Crippen molar-refractivity contribution in [3.8, 4) is 11.6 Å². The van der Waals surface area contributed by atoms with E-state index in [4.69, 9.17) is 9.15 Å². The molecule has 1 N–H and O–H groups in total. The van der Waals surface area contributed by atoms with Crippen LogP contribution in [0.4, 0.5) is 10.8 Å². The Morgan fingerprint density at radius 2 is 1.80 bits per heavy atom. The van der Waals surface area contributed by atoms with Gasteiger partial charge in [0.25, 0.3) is 11.8 Å². The summed E-state index contributed by atoms with van der Waals surface area (Å²) < 4.78 is 39.3. The molecule has 0 unspecified atom stereocenters. The SMILES string of the molecule is CCOC(=O)N1CCN(S(=O)(=O)c2ccc(C(=O)Nc3nnc(-c4cc(C)nn4C)o3)cc2)CC1. The molecule has 13 nitrogen and oxygen atoms in total. The van der Waals surface area contributed by atoms with Gasteiger partial charge < -0.3 is 14.1 Å². The summed E-state index contributed by atoms with van der Waals surface area (Å²) in [5, 5.41) is 14.5. The summed E-state index contributed by atoms with van der Waals surface area (Å²) in [4.78, 5) is 25.9. The van der Waals surface area contributed by atoms with Gasteiger partial charge >= 0.3 is 12.1 Å². The van der Waals surface area contributed by atoms with Crippen molar-refractivity contribution in [2.24, 2.45) is 7.05 Å². The molecule has 2 amide bonds. The summed E-state index contributed by atoms with van der Waals surface area (Å²) in [6.45, 7) is 4.58. The second-order valence-corrected chi connectivity index (χ2v) is 9.71. The van der Waals surface area contributed by atoms with Gasteiger partial charge in [-0.15, -0.1) is 5.10 Å². The molecule has 3 heterocycles. The summed E-state index contributed by atoms with van der Waals surface area (Å²) in [6.07, 6.45) is -0.455. The van der Waals surface area contributed by atoms with Crippen LogP contribution in [0.2, 0.25) is 0 Å². The first kappa shape index (κ1) is 24.3. The summed E-state index contributed by atoms with van der Waals surface area (Å²) >= 11 is 0. The molecule has 0 spiro atoms. The molecule has 0 radical (unpaired) electrons. The predicted octanol–water partition coefficient (Wildman–Crippen LogP) is 1.49. The molecule has 14 heteroatoms. The van der Waals surface area contributed by atoms with E-state index >= 15 is 0 Å². The number of aromatic nitrogens is 4. The van der Waals surface area contributed by atoms with Crippen molar-refractivity contribution >= 4 is 28.0 Å². The molecule has 1 fully saturated rings. The van der Waals surface area contributed by atoms with E-state index in [1.807, 2.05) is 6.92 Å². The molecule has 1 aromatic carbocycles. The number of rotatable bonds is 6. The minimum Gasteiger partial charge on any atom is -0.450 e. The maximum atomic E-state index is 13.0. The van der Waals surface area contributed by atoms with Crippen molar-refractivity contribution < 1.29 is 27.2 Å². The minimum absolute atomic E-state index is 0.0466. The lowest BCUT2D eigenvalue weighted by Crippen LogP contribution is -2.50. The number of nitrogens with zero attached hydrogens (tertiary/aromatic N) is 6. The van der Waals surface area contributed by atoms with Gasteiger partial charge in [0, 0.05) is 38.8 Å². The Balaban J connectivity index is 1.39. The van der Waals surface area contributed by atoms with E-state index in [9.17, 15) is 18.0 Å². The molecule has 3 aromatic rings. The smallest absolute Gasteiger partial charge is 0.409 e. The van der Waals surface area contributed by atoms with Crippen LogP contribution < -0.4 is 5.32 Å². The Labute approximate surface area is 201 Å². The number of hydrogen-bond acceptors (Lipinski definition) is 9. The topological polar surface area (TPSA) is 153 Å². The highest BCUT2D eigenvalue weighted by atomic mass is 32.2. The van der Waals surface area contributed by atoms with Crippen LogP contribution in [0.3, 0.4) is 0 Å². The maximum Gasteiger partial charge on any atom is 0.409 e. The highest BCUT2D eigenvalue weighted by molar-refractivity contribution is 7.89. The third kappa shape index (κ3) is 5.17. The number of ether oxygens (including phenoxy) is 1. The fraction of sp³-hybridized carbons (Fsp3) is 0.381. The van der Waals surface area contributed by atoms with Crippen LogP contribution in [-0.4, -0.2) is 82.4 Å². The monoisotopic (exact) mass is 503 g/mol. The second-order valence-electron chi connectivity index (χ2n) is 7.78. The van der Waals surface area contributed by atoms with Crippen molar-refractivity contribution in [1.82, 2.24) is 29.2 Å². The molecule has 0 saturated carbocycles. The third-order valence-corrected chi connectivity index (χ3v) is 7.30. The highest BCUT2D eigenvalue weighted by Gasteiger charge is 2.30. The quantitative estimate of drug-likeness (QED) is 0.527. The summed E-state index contributed by atoms with van der Waals surface area (Å²) in [5.41, 5.74) is 1.60. The van der Waals surface area contributed by atoms with Gasteiger partial charge in [-0.25, -0.2) is 13.2 Å². The van der Waals surface area contributed by atoms with Gasteiger partial charge in [0.15, 0.2) is 0 Å². The number of piperazine rings is 1. The average molecular weight is 504 g/mol. The second kappa shape index (κ2) is 9.84. The first-order valence-electron chi connectivity index (χ1n) is 10.9. The fourth-order valence-electron chi connectivity index (χ4n) is 3.61. The van der Waals surface area contributed by atoms with E-state index in [-0.39, 0.29) is 55.2 Å². The molecule has 186 valence electrons. The van der Waals surface area contributed by atoms with Crippen molar-refractivity contribution in [3.63, 3.8) is 0 Å². The van der Waals surface area contributed by atoms with Crippen LogP contribution in [0.5, 0.6) is 0 Å². The zero-order valence-electron chi connectivity index (χ0n) is 19.5. The van der Waals surface area contributed by atoms with Crippen molar-refractivity contribution in [2.45, 2.75) is 18.7 Å². The summed E-state index contributed by atoms with van der Waals surface area (Å²) in [5.74, 6) is -0.332. The fourth-order valence-corrected chi connectivity index (χ4v) is 5.03. The van der Waals surface area contributed by atoms with Crippen LogP contribution in [-0.2, 0) is 21.8 Å². The van der Waals surface area contributed by atoms with Crippen LogP contribution in [0.15, 0.2) is 39.6 Å². The molecule has 1 saturated heterocycles. The Morgan fingerprint density at radius 3 is 2.40 bits per heavy atom. The van der Waals surface area contributed by atoms with Gasteiger partial charge in [-0.05, 0) is 44.2 Å². The Kier molecular flexibility index (Phi) is 6.84. The van der Waals surface area contributed by atoms with Gasteiger partial charge in [0.05, 0.1) is 17.2 Å². The van der Waals surface area contributed by atoms with Crippen LogP contribution in [0.1, 0.15) is 23.0 Å². The molecule has 35 heavy (non-hydrogen) atoms. The van der Waals surface area contributed by atoms with Crippen molar-refractivity contribution in [2.75, 3.05) is 38.1 Å². The molecule has 1 aliphatic heterocycles. The third-order valence-electron chi connectivity index (χ3n) is 5.39. The van der Waals surface area contributed by atoms with E-state index in [1.54, 1.807) is 24.7 Å². The van der Waals surface area contributed by atoms with Crippen molar-refractivity contribution in [1.29, 1.82) is 0 Å². The van der Waals surface area contributed by atoms with Gasteiger partial charge in [-0.1, -0.05) is 5.10 Å². The van der Waals surface area contributed by atoms with E-state index < -0.39 is 22.0 Å². The highest BCUT2D eigenvalue weighted by Crippen LogP contribution is 2.22. The Hall–Kier alpha value is -3.78. The Morgan fingerprint density at radius 1 is 1.11 bits per heavy atom. The number of carbonyl (C=O) groups is 2. The number of anilines is 1. The number of benzene rings is 1. The maximum absolute atomic E-state index is 13.0. The molecule has 0 atom stereocenters. The van der Waals surface area contributed by atoms with Gasteiger partial charge in [-0.2, -0.15) is 9.40 Å². The van der Waals surface area contributed by atoms with E-state index in [2.05, 4.69) is 20.6 Å². The molecule has 2 aromatic heterocycles. The van der Waals surface area contributed by atoms with Gasteiger partial charge in [0.2, 0.25) is 10.0 Å². The normalized spacial score (nSPS) is 14.7. The largest absolute Gasteiger partial charge is 0.450 e. The van der Waals surface area contributed by atoms with Crippen LogP contribution >= 0.6 is 0 Å². The van der Waals surface area contributed by atoms with Gasteiger partial charge in [-0.3, -0.25) is 14.8 Å². The molecular formula is C21H25N7O6S. The number of hydrogen-bond donors (Lipinski definition) is 1. The van der Waals surface area contributed by atoms with E-state index in [0.29, 0.717) is 5.69 Å². The number of sulfonamides is 1. The van der Waals surface area contributed by atoms with Gasteiger partial charge in [0.1, 0.15) is 5.69 Å². The molecule has 1 aliphatic rings. The number of nitrogens with one attached hydrogen (secondary N) is 1. The van der Waals surface area contributed by atoms with E-state index in [0.717, 1.165) is 5.69 Å². The molecule has 0 bridgehead atoms. The Bertz CT molecular complexity index is 1320. The lowest BCUT2D eigenvalue weighted by atomic mass is 10.2. The first-order valence-corrected chi connectivity index (χ1v) is 12.3. The number of carbonyl (C=O) groups excluding carboxylic acids is 2. The van der Waals surface area contributed by atoms with Crippen LogP contribution in [0, 0.1) is 6.92 Å². The van der Waals surface area contributed by atoms with E-state index in [1.165, 1.54) is 33.5 Å². The standard InChI is InChI=1S/C21H25N7O6S/c1-4-33-21(30)27-9-11-28(12-10-27)35(31,32)16-7-5-15(6-8-16)18(29)22-20-24-23-19(34-20)17-13-14(2)25-26(17)3/h5-8,13H,4,9-12H2,1-3H3,(H,22,24,29). The first-order chi connectivity index (χ1) is 16.7.